The number of nitrogens with zero attached hydrogens (tertiary/aromatic N) is 5. The number of ether oxygens (including phenoxy) is 2. The highest BCUT2D eigenvalue weighted by atomic mass is 32.1. The summed E-state index contributed by atoms with van der Waals surface area (Å²) in [5.74, 6) is 2.45. The van der Waals surface area contributed by atoms with Gasteiger partial charge in [-0.2, -0.15) is 0 Å². The van der Waals surface area contributed by atoms with Gasteiger partial charge < -0.3 is 9.47 Å². The molecule has 0 aliphatic heterocycles. The molecule has 0 saturated heterocycles. The van der Waals surface area contributed by atoms with Crippen LogP contribution in [0.1, 0.15) is 18.4 Å². The van der Waals surface area contributed by atoms with Gasteiger partial charge in [0, 0.05) is 30.5 Å². The van der Waals surface area contributed by atoms with Gasteiger partial charge in [-0.05, 0) is 79.2 Å². The first-order chi connectivity index (χ1) is 16.7. The Kier molecular flexibility index (Phi) is 6.42. The Bertz CT molecular complexity index is 1300. The maximum absolute atomic E-state index is 5.95. The zero-order valence-corrected chi connectivity index (χ0v) is 20.1. The van der Waals surface area contributed by atoms with E-state index in [9.17, 15) is 0 Å². The van der Waals surface area contributed by atoms with E-state index in [1.54, 1.807) is 26.6 Å². The van der Waals surface area contributed by atoms with Crippen LogP contribution < -0.4 is 9.47 Å². The van der Waals surface area contributed by atoms with Crippen LogP contribution in [-0.2, 0) is 13.2 Å². The van der Waals surface area contributed by atoms with Gasteiger partial charge in [-0.3, -0.25) is 14.5 Å². The van der Waals surface area contributed by atoms with Gasteiger partial charge in [-0.25, -0.2) is 4.68 Å². The van der Waals surface area contributed by atoms with Crippen LogP contribution in [0.3, 0.4) is 0 Å². The molecular weight excluding hydrogens is 446 g/mol. The van der Waals surface area contributed by atoms with Crippen LogP contribution in [0.15, 0.2) is 73.1 Å². The molecule has 0 atom stereocenters. The molecule has 0 unspecified atom stereocenters. The molecular formula is C26H27N5O2S. The molecule has 0 amide bonds. The minimum absolute atomic E-state index is 0.541. The lowest BCUT2D eigenvalue weighted by atomic mass is 10.2. The minimum Gasteiger partial charge on any atom is -0.497 e. The average molecular weight is 474 g/mol. The summed E-state index contributed by atoms with van der Waals surface area (Å²) in [7, 11) is 3.35. The summed E-state index contributed by atoms with van der Waals surface area (Å²) >= 11 is 5.95. The third kappa shape index (κ3) is 4.73. The van der Waals surface area contributed by atoms with Crippen molar-refractivity contribution in [1.82, 2.24) is 24.2 Å². The summed E-state index contributed by atoms with van der Waals surface area (Å²) in [6.45, 7) is 1.45. The van der Waals surface area contributed by atoms with Gasteiger partial charge in [0.15, 0.2) is 5.82 Å². The lowest BCUT2D eigenvalue weighted by Crippen LogP contribution is -2.29. The molecule has 1 aliphatic carbocycles. The van der Waals surface area contributed by atoms with Gasteiger partial charge >= 0.3 is 0 Å². The van der Waals surface area contributed by atoms with E-state index in [0.29, 0.717) is 17.5 Å². The minimum atomic E-state index is 0.541. The van der Waals surface area contributed by atoms with Gasteiger partial charge in [0.05, 0.1) is 26.6 Å². The van der Waals surface area contributed by atoms with E-state index < -0.39 is 0 Å². The lowest BCUT2D eigenvalue weighted by molar-refractivity contribution is 0.186. The van der Waals surface area contributed by atoms with Crippen LogP contribution in [-0.4, -0.2) is 44.5 Å². The van der Waals surface area contributed by atoms with E-state index in [4.69, 9.17) is 26.8 Å². The highest BCUT2D eigenvalue weighted by Gasteiger charge is 2.30. The highest BCUT2D eigenvalue weighted by molar-refractivity contribution is 7.71. The van der Waals surface area contributed by atoms with E-state index in [1.165, 1.54) is 18.4 Å². The molecule has 5 rings (SSSR count). The summed E-state index contributed by atoms with van der Waals surface area (Å²) in [6.07, 6.45) is 5.94. The Balaban J connectivity index is 1.50. The van der Waals surface area contributed by atoms with Crippen molar-refractivity contribution in [3.8, 4) is 28.6 Å². The van der Waals surface area contributed by atoms with E-state index in [0.717, 1.165) is 35.1 Å². The summed E-state index contributed by atoms with van der Waals surface area (Å²) in [5.41, 5.74) is 3.14. The molecule has 2 aromatic carbocycles. The van der Waals surface area contributed by atoms with Crippen molar-refractivity contribution >= 4 is 12.2 Å². The maximum atomic E-state index is 5.95. The molecule has 1 aliphatic rings. The van der Waals surface area contributed by atoms with Gasteiger partial charge in [0.25, 0.3) is 0 Å². The number of pyridine rings is 1. The third-order valence-electron chi connectivity index (χ3n) is 6.03. The van der Waals surface area contributed by atoms with E-state index >= 15 is 0 Å². The Morgan fingerprint density at radius 2 is 1.53 bits per heavy atom. The SMILES string of the molecule is COc1ccc(CN(Cn2nc(-c3ccncc3)n(-c3ccc(OC)cc3)c2=S)C2CC2)cc1. The van der Waals surface area contributed by atoms with Crippen molar-refractivity contribution in [3.63, 3.8) is 0 Å². The standard InChI is InChI=1S/C26H27N5O2S/c1-32-23-9-3-19(4-10-23)17-29(21-5-6-21)18-30-26(34)31(22-7-11-24(33-2)12-8-22)25(28-30)20-13-15-27-16-14-20/h3-4,7-16,21H,5-6,17-18H2,1-2H3. The monoisotopic (exact) mass is 473 g/mol. The molecule has 4 aromatic rings. The Morgan fingerprint density at radius 1 is 0.912 bits per heavy atom. The number of benzene rings is 2. The number of aromatic nitrogens is 4. The topological polar surface area (TPSA) is 57.3 Å². The molecule has 0 spiro atoms. The second-order valence-corrected chi connectivity index (χ2v) is 8.71. The zero-order chi connectivity index (χ0) is 23.5. The van der Waals surface area contributed by atoms with Crippen LogP contribution in [0.2, 0.25) is 0 Å². The lowest BCUT2D eigenvalue weighted by Gasteiger charge is -2.22. The fourth-order valence-corrected chi connectivity index (χ4v) is 4.31. The van der Waals surface area contributed by atoms with Crippen LogP contribution in [0.5, 0.6) is 11.5 Å². The normalized spacial score (nSPS) is 13.3. The molecule has 0 N–H and O–H groups in total. The fourth-order valence-electron chi connectivity index (χ4n) is 4.02. The van der Waals surface area contributed by atoms with Gasteiger partial charge in [-0.15, -0.1) is 5.10 Å². The molecule has 0 bridgehead atoms. The second-order valence-electron chi connectivity index (χ2n) is 8.34. The smallest absolute Gasteiger partial charge is 0.204 e. The summed E-state index contributed by atoms with van der Waals surface area (Å²) < 4.78 is 15.2. The molecule has 8 heteroatoms. The molecule has 0 radical (unpaired) electrons. The Labute approximate surface area is 204 Å². The highest BCUT2D eigenvalue weighted by Crippen LogP contribution is 2.30. The number of hydrogen-bond donors (Lipinski definition) is 0. The maximum Gasteiger partial charge on any atom is 0.204 e. The predicted octanol–water partition coefficient (Wildman–Crippen LogP) is 5.10. The molecule has 1 saturated carbocycles. The molecule has 2 aromatic heterocycles. The Hall–Kier alpha value is -3.49. The number of methoxy groups -OCH3 is 2. The summed E-state index contributed by atoms with van der Waals surface area (Å²) in [4.78, 5) is 6.60. The summed E-state index contributed by atoms with van der Waals surface area (Å²) in [6, 6.07) is 20.6. The van der Waals surface area contributed by atoms with Crippen LogP contribution in [0, 0.1) is 4.77 Å². The van der Waals surface area contributed by atoms with Crippen LogP contribution in [0.4, 0.5) is 0 Å². The molecule has 34 heavy (non-hydrogen) atoms. The molecule has 174 valence electrons. The van der Waals surface area contributed by atoms with Crippen molar-refractivity contribution in [1.29, 1.82) is 0 Å². The molecule has 2 heterocycles. The predicted molar refractivity (Wildman–Crippen MR) is 134 cm³/mol. The van der Waals surface area contributed by atoms with Gasteiger partial charge in [0.2, 0.25) is 4.77 Å². The summed E-state index contributed by atoms with van der Waals surface area (Å²) in [5, 5.41) is 4.97. The first-order valence-electron chi connectivity index (χ1n) is 11.3. The van der Waals surface area contributed by atoms with E-state index in [1.807, 2.05) is 57.8 Å². The first-order valence-corrected chi connectivity index (χ1v) is 11.7. The molecule has 1 fully saturated rings. The number of hydrogen-bond acceptors (Lipinski definition) is 6. The third-order valence-corrected chi connectivity index (χ3v) is 6.43. The van der Waals surface area contributed by atoms with Crippen molar-refractivity contribution in [2.75, 3.05) is 14.2 Å². The first kappa shape index (κ1) is 22.3. The van der Waals surface area contributed by atoms with Crippen molar-refractivity contribution in [2.24, 2.45) is 0 Å². The van der Waals surface area contributed by atoms with E-state index in [-0.39, 0.29) is 0 Å². The van der Waals surface area contributed by atoms with Gasteiger partial charge in [0.1, 0.15) is 11.5 Å². The fraction of sp³-hybridized carbons (Fsp3) is 0.269. The zero-order valence-electron chi connectivity index (χ0n) is 19.3. The van der Waals surface area contributed by atoms with Gasteiger partial charge in [-0.1, -0.05) is 12.1 Å². The second kappa shape index (κ2) is 9.79. The quantitative estimate of drug-likeness (QED) is 0.315. The molecule has 7 nitrogen and oxygen atoms in total. The average Bonchev–Trinajstić information content (AvgIpc) is 3.69. The largest absolute Gasteiger partial charge is 0.497 e. The van der Waals surface area contributed by atoms with Crippen LogP contribution >= 0.6 is 12.2 Å². The number of rotatable bonds is 9. The van der Waals surface area contributed by atoms with Crippen molar-refractivity contribution < 1.29 is 9.47 Å². The van der Waals surface area contributed by atoms with Crippen LogP contribution in [0.25, 0.3) is 17.1 Å². The Morgan fingerprint density at radius 3 is 2.12 bits per heavy atom. The van der Waals surface area contributed by atoms with Crippen molar-refractivity contribution in [2.45, 2.75) is 32.1 Å². The van der Waals surface area contributed by atoms with Crippen molar-refractivity contribution in [3.05, 3.63) is 83.4 Å². The van der Waals surface area contributed by atoms with E-state index in [2.05, 4.69) is 22.0 Å².